The molecule has 2 amide bonds. The summed E-state index contributed by atoms with van der Waals surface area (Å²) in [6.45, 7) is 0.391. The molecule has 0 radical (unpaired) electrons. The second-order valence-electron chi connectivity index (χ2n) is 2.87. The number of nitrogens with zero attached hydrogens (tertiary/aromatic N) is 1. The molecule has 0 fully saturated rings. The van der Waals surface area contributed by atoms with Crippen molar-refractivity contribution in [3.63, 3.8) is 0 Å². The molecule has 0 saturated heterocycles. The standard InChI is InChI=1S/C8H10BrN3O2S/c1-12(8(14)7(13)11-10)3-6-2-5(9)4-15-6/h2,4H,3,10H2,1H3,(H,11,13). The minimum Gasteiger partial charge on any atom is -0.332 e. The molecule has 3 N–H and O–H groups in total. The lowest BCUT2D eigenvalue weighted by molar-refractivity contribution is -0.145. The normalized spacial score (nSPS) is 9.80. The number of rotatable bonds is 2. The molecule has 1 rings (SSSR count). The maximum absolute atomic E-state index is 11.3. The molecular weight excluding hydrogens is 282 g/mol. The molecule has 0 spiro atoms. The van der Waals surface area contributed by atoms with Crippen molar-refractivity contribution >= 4 is 39.1 Å². The summed E-state index contributed by atoms with van der Waals surface area (Å²) in [5.41, 5.74) is 1.80. The monoisotopic (exact) mass is 291 g/mol. The topological polar surface area (TPSA) is 75.4 Å². The van der Waals surface area contributed by atoms with Crippen LogP contribution in [0.2, 0.25) is 0 Å². The van der Waals surface area contributed by atoms with Gasteiger partial charge >= 0.3 is 11.8 Å². The number of hydrogen-bond donors (Lipinski definition) is 2. The molecule has 0 aliphatic carbocycles. The Hall–Kier alpha value is -0.920. The highest BCUT2D eigenvalue weighted by atomic mass is 79.9. The lowest BCUT2D eigenvalue weighted by Crippen LogP contribution is -2.43. The largest absolute Gasteiger partial charge is 0.332 e. The van der Waals surface area contributed by atoms with Gasteiger partial charge in [-0.15, -0.1) is 11.3 Å². The van der Waals surface area contributed by atoms with Gasteiger partial charge < -0.3 is 4.90 Å². The van der Waals surface area contributed by atoms with E-state index >= 15 is 0 Å². The maximum Gasteiger partial charge on any atom is 0.323 e. The second kappa shape index (κ2) is 5.24. The lowest BCUT2D eigenvalue weighted by Gasteiger charge is -2.14. The minimum absolute atomic E-state index is 0.391. The Morgan fingerprint density at radius 1 is 1.67 bits per heavy atom. The number of carbonyl (C=O) groups is 2. The molecule has 15 heavy (non-hydrogen) atoms. The van der Waals surface area contributed by atoms with E-state index in [1.165, 1.54) is 16.2 Å². The molecule has 0 bridgehead atoms. The summed E-state index contributed by atoms with van der Waals surface area (Å²) < 4.78 is 0.964. The van der Waals surface area contributed by atoms with Gasteiger partial charge in [-0.05, 0) is 22.0 Å². The summed E-state index contributed by atoms with van der Waals surface area (Å²) in [7, 11) is 1.55. The zero-order valence-corrected chi connectivity index (χ0v) is 10.4. The van der Waals surface area contributed by atoms with E-state index in [2.05, 4.69) is 15.9 Å². The first-order valence-electron chi connectivity index (χ1n) is 4.03. The third-order valence-electron chi connectivity index (χ3n) is 1.69. The highest BCUT2D eigenvalue weighted by molar-refractivity contribution is 9.10. The number of nitrogens with two attached hydrogens (primary N) is 1. The first-order valence-corrected chi connectivity index (χ1v) is 5.71. The smallest absolute Gasteiger partial charge is 0.323 e. The van der Waals surface area contributed by atoms with Crippen molar-refractivity contribution in [2.75, 3.05) is 7.05 Å². The number of hydrazine groups is 1. The van der Waals surface area contributed by atoms with Crippen LogP contribution in [0.15, 0.2) is 15.9 Å². The van der Waals surface area contributed by atoms with E-state index in [4.69, 9.17) is 5.84 Å². The van der Waals surface area contributed by atoms with Crippen LogP contribution in [0.1, 0.15) is 4.88 Å². The number of hydrogen-bond acceptors (Lipinski definition) is 4. The Balaban J connectivity index is 2.59. The summed E-state index contributed by atoms with van der Waals surface area (Å²) in [6, 6.07) is 1.90. The van der Waals surface area contributed by atoms with E-state index in [-0.39, 0.29) is 0 Å². The zero-order chi connectivity index (χ0) is 11.4. The van der Waals surface area contributed by atoms with Gasteiger partial charge in [0.1, 0.15) is 0 Å². The number of likely N-dealkylation sites (N-methyl/N-ethyl adjacent to an activating group) is 1. The van der Waals surface area contributed by atoms with Crippen LogP contribution in [0.4, 0.5) is 0 Å². The SMILES string of the molecule is CN(Cc1cc(Br)cs1)C(=O)C(=O)NN. The van der Waals surface area contributed by atoms with Crippen molar-refractivity contribution in [3.05, 3.63) is 20.8 Å². The predicted molar refractivity (Wildman–Crippen MR) is 60.8 cm³/mol. The van der Waals surface area contributed by atoms with Crippen molar-refractivity contribution in [2.45, 2.75) is 6.54 Å². The Labute approximate surface area is 99.3 Å². The van der Waals surface area contributed by atoms with E-state index in [1.807, 2.05) is 11.4 Å². The fourth-order valence-electron chi connectivity index (χ4n) is 0.977. The first-order chi connectivity index (χ1) is 7.04. The lowest BCUT2D eigenvalue weighted by atomic mass is 10.4. The number of amides is 2. The van der Waals surface area contributed by atoms with Crippen LogP contribution in [0.25, 0.3) is 0 Å². The second-order valence-corrected chi connectivity index (χ2v) is 4.78. The Morgan fingerprint density at radius 2 is 2.33 bits per heavy atom. The van der Waals surface area contributed by atoms with Gasteiger partial charge in [-0.1, -0.05) is 0 Å². The average Bonchev–Trinajstić information content (AvgIpc) is 2.61. The molecule has 1 heterocycles. The summed E-state index contributed by atoms with van der Waals surface area (Å²) in [5.74, 6) is 3.39. The van der Waals surface area contributed by atoms with Crippen molar-refractivity contribution < 1.29 is 9.59 Å². The average molecular weight is 292 g/mol. The molecule has 0 aliphatic rings. The van der Waals surface area contributed by atoms with Crippen LogP contribution in [-0.4, -0.2) is 23.8 Å². The van der Waals surface area contributed by atoms with Crippen molar-refractivity contribution in [1.82, 2.24) is 10.3 Å². The third kappa shape index (κ3) is 3.29. The van der Waals surface area contributed by atoms with Crippen LogP contribution in [0, 0.1) is 0 Å². The highest BCUT2D eigenvalue weighted by Gasteiger charge is 2.17. The number of thiophene rings is 1. The van der Waals surface area contributed by atoms with E-state index in [0.717, 1.165) is 9.35 Å². The van der Waals surface area contributed by atoms with E-state index < -0.39 is 11.8 Å². The van der Waals surface area contributed by atoms with Gasteiger partial charge in [0.05, 0.1) is 6.54 Å². The van der Waals surface area contributed by atoms with Gasteiger partial charge in [0.2, 0.25) is 0 Å². The molecule has 0 atom stereocenters. The zero-order valence-electron chi connectivity index (χ0n) is 7.99. The molecule has 7 heteroatoms. The number of halogens is 1. The molecular formula is C8H10BrN3O2S. The van der Waals surface area contributed by atoms with E-state index in [9.17, 15) is 9.59 Å². The van der Waals surface area contributed by atoms with E-state index in [0.29, 0.717) is 6.54 Å². The number of carbonyl (C=O) groups excluding carboxylic acids is 2. The molecule has 82 valence electrons. The summed E-state index contributed by atoms with van der Waals surface area (Å²) in [4.78, 5) is 24.5. The summed E-state index contributed by atoms with van der Waals surface area (Å²) >= 11 is 4.82. The minimum atomic E-state index is -0.812. The molecule has 0 aliphatic heterocycles. The fourth-order valence-corrected chi connectivity index (χ4v) is 2.48. The Morgan fingerprint density at radius 3 is 2.80 bits per heavy atom. The van der Waals surface area contributed by atoms with Gasteiger partial charge in [0.25, 0.3) is 0 Å². The molecule has 5 nitrogen and oxygen atoms in total. The fraction of sp³-hybridized carbons (Fsp3) is 0.250. The number of nitrogens with one attached hydrogen (secondary N) is 1. The van der Waals surface area contributed by atoms with Crippen molar-refractivity contribution in [1.29, 1.82) is 0 Å². The maximum atomic E-state index is 11.3. The van der Waals surface area contributed by atoms with Crippen LogP contribution >= 0.6 is 27.3 Å². The molecule has 0 aromatic carbocycles. The summed E-state index contributed by atoms with van der Waals surface area (Å²) in [5, 5.41) is 1.91. The highest BCUT2D eigenvalue weighted by Crippen LogP contribution is 2.20. The van der Waals surface area contributed by atoms with Gasteiger partial charge in [-0.3, -0.25) is 15.0 Å². The molecule has 0 saturated carbocycles. The van der Waals surface area contributed by atoms with Crippen LogP contribution in [0.5, 0.6) is 0 Å². The van der Waals surface area contributed by atoms with Crippen LogP contribution in [0.3, 0.4) is 0 Å². The Kier molecular flexibility index (Phi) is 4.25. The van der Waals surface area contributed by atoms with E-state index in [1.54, 1.807) is 12.5 Å². The van der Waals surface area contributed by atoms with Crippen LogP contribution in [-0.2, 0) is 16.1 Å². The first kappa shape index (κ1) is 12.2. The Bertz CT molecular complexity index is 380. The summed E-state index contributed by atoms with van der Waals surface area (Å²) in [6.07, 6.45) is 0. The van der Waals surface area contributed by atoms with Gasteiger partial charge in [-0.2, -0.15) is 0 Å². The van der Waals surface area contributed by atoms with Crippen molar-refractivity contribution in [2.24, 2.45) is 5.84 Å². The molecule has 0 unspecified atom stereocenters. The van der Waals surface area contributed by atoms with Gasteiger partial charge in [-0.25, -0.2) is 5.84 Å². The third-order valence-corrected chi connectivity index (χ3v) is 3.37. The molecule has 1 aromatic heterocycles. The molecule has 1 aromatic rings. The predicted octanol–water partition coefficient (Wildman–Crippen LogP) is 0.459. The van der Waals surface area contributed by atoms with Crippen LogP contribution < -0.4 is 11.3 Å². The van der Waals surface area contributed by atoms with Crippen molar-refractivity contribution in [3.8, 4) is 0 Å². The van der Waals surface area contributed by atoms with Gasteiger partial charge in [0.15, 0.2) is 0 Å². The quantitative estimate of drug-likeness (QED) is 0.360. The van der Waals surface area contributed by atoms with Gasteiger partial charge in [0, 0.05) is 21.8 Å².